The molecule has 0 aromatic heterocycles. The van der Waals surface area contributed by atoms with Gasteiger partial charge >= 0.3 is 5.97 Å². The molecule has 0 rings (SSSR count). The van der Waals surface area contributed by atoms with Gasteiger partial charge in [-0.15, -0.1) is 0 Å². The number of ether oxygens (including phenoxy) is 1. The van der Waals surface area contributed by atoms with Gasteiger partial charge in [0.25, 0.3) is 0 Å². The molecule has 3 atom stereocenters. The van der Waals surface area contributed by atoms with Gasteiger partial charge in [0.15, 0.2) is 0 Å². The summed E-state index contributed by atoms with van der Waals surface area (Å²) in [5, 5.41) is 11.2. The van der Waals surface area contributed by atoms with Crippen LogP contribution in [0, 0.1) is 5.92 Å². The Morgan fingerprint density at radius 1 is 1.41 bits per heavy atom. The second kappa shape index (κ2) is 8.19. The van der Waals surface area contributed by atoms with Gasteiger partial charge in [0, 0.05) is 29.7 Å². The monoisotopic (exact) mass is 265 g/mol. The van der Waals surface area contributed by atoms with Crippen molar-refractivity contribution in [1.29, 1.82) is 0 Å². The largest absolute Gasteiger partial charge is 0.481 e. The quantitative estimate of drug-likeness (QED) is 0.623. The minimum atomic E-state index is -1.45. The van der Waals surface area contributed by atoms with E-state index in [-0.39, 0.29) is 23.5 Å². The summed E-state index contributed by atoms with van der Waals surface area (Å²) in [6.45, 7) is 3.61. The predicted octanol–water partition coefficient (Wildman–Crippen LogP) is -0.393. The number of nitrogens with one attached hydrogen (secondary N) is 1. The Morgan fingerprint density at radius 2 is 2.00 bits per heavy atom. The molecule has 0 aliphatic heterocycles. The molecule has 2 N–H and O–H groups in total. The average molecular weight is 265 g/mol. The summed E-state index contributed by atoms with van der Waals surface area (Å²) in [5.74, 6) is -2.26. The van der Waals surface area contributed by atoms with Crippen LogP contribution < -0.4 is 5.32 Å². The van der Waals surface area contributed by atoms with E-state index in [9.17, 15) is 13.8 Å². The molecule has 0 spiro atoms. The van der Waals surface area contributed by atoms with Gasteiger partial charge in [-0.2, -0.15) is 0 Å². The van der Waals surface area contributed by atoms with E-state index in [0.717, 1.165) is 0 Å². The highest BCUT2D eigenvalue weighted by Gasteiger charge is 2.17. The average Bonchev–Trinajstić information content (AvgIpc) is 2.16. The van der Waals surface area contributed by atoms with Crippen molar-refractivity contribution < 1.29 is 23.6 Å². The van der Waals surface area contributed by atoms with E-state index in [1.165, 1.54) is 14.0 Å². The van der Waals surface area contributed by atoms with Gasteiger partial charge in [0.1, 0.15) is 5.75 Å². The third-order valence-electron chi connectivity index (χ3n) is 1.97. The molecule has 0 saturated carbocycles. The lowest BCUT2D eigenvalue weighted by molar-refractivity contribution is -0.140. The maximum atomic E-state index is 11.5. The number of carboxylic acid groups (broad SMARTS) is 1. The Balaban J connectivity index is 3.96. The molecule has 17 heavy (non-hydrogen) atoms. The maximum absolute atomic E-state index is 11.5. The Kier molecular flexibility index (Phi) is 7.73. The molecule has 6 nitrogen and oxygen atoms in total. The SMILES string of the molecule is COCC(C)NC(=O)CS(=O)CC(C)C(=O)O. The first kappa shape index (κ1) is 16.1. The zero-order valence-corrected chi connectivity index (χ0v) is 11.1. The van der Waals surface area contributed by atoms with Crippen LogP contribution in [-0.2, 0) is 25.1 Å². The zero-order valence-electron chi connectivity index (χ0n) is 10.3. The molecule has 7 heteroatoms. The fourth-order valence-electron chi connectivity index (χ4n) is 1.16. The molecule has 0 fully saturated rings. The number of aliphatic carboxylic acids is 1. The number of methoxy groups -OCH3 is 1. The summed E-state index contributed by atoms with van der Waals surface area (Å²) < 4.78 is 16.3. The third-order valence-corrected chi connectivity index (χ3v) is 3.43. The number of hydrogen-bond donors (Lipinski definition) is 2. The fraction of sp³-hybridized carbons (Fsp3) is 0.800. The van der Waals surface area contributed by atoms with Crippen LogP contribution in [0.5, 0.6) is 0 Å². The maximum Gasteiger partial charge on any atom is 0.307 e. The van der Waals surface area contributed by atoms with Crippen LogP contribution in [0.2, 0.25) is 0 Å². The molecule has 0 radical (unpaired) electrons. The van der Waals surface area contributed by atoms with Crippen molar-refractivity contribution in [2.75, 3.05) is 25.2 Å². The first-order valence-corrected chi connectivity index (χ1v) is 6.71. The Labute approximate surface area is 103 Å². The highest BCUT2D eigenvalue weighted by atomic mass is 32.2. The number of carboxylic acids is 1. The Hall–Kier alpha value is -0.950. The molecule has 1 amide bonds. The molecule has 3 unspecified atom stereocenters. The fourth-order valence-corrected chi connectivity index (χ4v) is 2.36. The number of carbonyl (C=O) groups excluding carboxylic acids is 1. The number of amides is 1. The van der Waals surface area contributed by atoms with E-state index in [1.807, 2.05) is 0 Å². The minimum absolute atomic E-state index is 0.0125. The molecule has 0 bridgehead atoms. The van der Waals surface area contributed by atoms with Crippen LogP contribution in [0.4, 0.5) is 0 Å². The van der Waals surface area contributed by atoms with Crippen LogP contribution in [0.1, 0.15) is 13.8 Å². The molecule has 0 aliphatic carbocycles. The van der Waals surface area contributed by atoms with E-state index < -0.39 is 22.7 Å². The lowest BCUT2D eigenvalue weighted by Gasteiger charge is -2.12. The van der Waals surface area contributed by atoms with Gasteiger partial charge < -0.3 is 15.2 Å². The molecule has 0 aromatic carbocycles. The van der Waals surface area contributed by atoms with E-state index in [4.69, 9.17) is 9.84 Å². The van der Waals surface area contributed by atoms with Crippen molar-refractivity contribution in [3.63, 3.8) is 0 Å². The molecular formula is C10H19NO5S. The van der Waals surface area contributed by atoms with Crippen molar-refractivity contribution in [2.45, 2.75) is 19.9 Å². The van der Waals surface area contributed by atoms with E-state index >= 15 is 0 Å². The summed E-state index contributed by atoms with van der Waals surface area (Å²) in [4.78, 5) is 21.9. The predicted molar refractivity (Wildman–Crippen MR) is 64.2 cm³/mol. The van der Waals surface area contributed by atoms with Crippen molar-refractivity contribution in [3.05, 3.63) is 0 Å². The van der Waals surface area contributed by atoms with Gasteiger partial charge in [-0.3, -0.25) is 13.8 Å². The van der Waals surface area contributed by atoms with Gasteiger partial charge in [0.05, 0.1) is 12.5 Å². The number of carbonyl (C=O) groups is 2. The third kappa shape index (κ3) is 7.87. The number of rotatable bonds is 8. The van der Waals surface area contributed by atoms with Crippen LogP contribution in [-0.4, -0.2) is 52.5 Å². The second-order valence-corrected chi connectivity index (χ2v) is 5.42. The normalized spacial score (nSPS) is 15.9. The van der Waals surface area contributed by atoms with E-state index in [0.29, 0.717) is 6.61 Å². The summed E-state index contributed by atoms with van der Waals surface area (Å²) in [6, 6.07) is -0.151. The molecule has 0 heterocycles. The summed E-state index contributed by atoms with van der Waals surface area (Å²) in [6.07, 6.45) is 0. The molecule has 0 aromatic rings. The minimum Gasteiger partial charge on any atom is -0.481 e. The van der Waals surface area contributed by atoms with E-state index in [1.54, 1.807) is 6.92 Å². The second-order valence-electron chi connectivity index (χ2n) is 3.91. The first-order valence-electron chi connectivity index (χ1n) is 5.22. The van der Waals surface area contributed by atoms with Gasteiger partial charge in [-0.1, -0.05) is 6.92 Å². The molecular weight excluding hydrogens is 246 g/mol. The summed E-state index contributed by atoms with van der Waals surface area (Å²) >= 11 is 0. The van der Waals surface area contributed by atoms with Crippen LogP contribution in [0.15, 0.2) is 0 Å². The van der Waals surface area contributed by atoms with Crippen LogP contribution in [0.25, 0.3) is 0 Å². The van der Waals surface area contributed by atoms with Crippen LogP contribution >= 0.6 is 0 Å². The first-order chi connectivity index (χ1) is 7.86. The highest BCUT2D eigenvalue weighted by molar-refractivity contribution is 7.85. The highest BCUT2D eigenvalue weighted by Crippen LogP contribution is 1.98. The lowest BCUT2D eigenvalue weighted by Crippen LogP contribution is -2.38. The molecule has 0 saturated heterocycles. The van der Waals surface area contributed by atoms with Crippen molar-refractivity contribution in [1.82, 2.24) is 5.32 Å². The topological polar surface area (TPSA) is 92.7 Å². The smallest absolute Gasteiger partial charge is 0.307 e. The Morgan fingerprint density at radius 3 is 2.47 bits per heavy atom. The molecule has 100 valence electrons. The van der Waals surface area contributed by atoms with Gasteiger partial charge in [0.2, 0.25) is 5.91 Å². The van der Waals surface area contributed by atoms with Crippen molar-refractivity contribution in [2.24, 2.45) is 5.92 Å². The van der Waals surface area contributed by atoms with Gasteiger partial charge in [-0.25, -0.2) is 0 Å². The summed E-state index contributed by atoms with van der Waals surface area (Å²) in [7, 11) is 0.0683. The van der Waals surface area contributed by atoms with E-state index in [2.05, 4.69) is 5.32 Å². The number of hydrogen-bond acceptors (Lipinski definition) is 4. The van der Waals surface area contributed by atoms with Gasteiger partial charge in [-0.05, 0) is 6.92 Å². The standard InChI is InChI=1S/C10H19NO5S/c1-7(10(13)14)5-17(15)6-9(12)11-8(2)4-16-3/h7-8H,4-6H2,1-3H3,(H,11,12)(H,13,14). The lowest BCUT2D eigenvalue weighted by atomic mass is 10.2. The van der Waals surface area contributed by atoms with Crippen molar-refractivity contribution >= 4 is 22.7 Å². The molecule has 0 aliphatic rings. The van der Waals surface area contributed by atoms with Crippen LogP contribution in [0.3, 0.4) is 0 Å². The van der Waals surface area contributed by atoms with Crippen molar-refractivity contribution in [3.8, 4) is 0 Å². The Bertz CT molecular complexity index is 294. The summed E-state index contributed by atoms with van der Waals surface area (Å²) in [5.41, 5.74) is 0. The zero-order chi connectivity index (χ0) is 13.4.